The van der Waals surface area contributed by atoms with Crippen LogP contribution in [0, 0.1) is 17.2 Å². The monoisotopic (exact) mass is 533 g/mol. The summed E-state index contributed by atoms with van der Waals surface area (Å²) in [7, 11) is 0. The van der Waals surface area contributed by atoms with Gasteiger partial charge in [-0.3, -0.25) is 4.79 Å². The molecule has 0 aliphatic carbocycles. The summed E-state index contributed by atoms with van der Waals surface area (Å²) in [4.78, 5) is 12.5. The molecule has 1 fully saturated rings. The lowest BCUT2D eigenvalue weighted by Crippen LogP contribution is -2.47. The van der Waals surface area contributed by atoms with Crippen molar-refractivity contribution in [1.82, 2.24) is 5.06 Å². The highest BCUT2D eigenvalue weighted by atomic mass is 16.5. The van der Waals surface area contributed by atoms with Gasteiger partial charge in [0.1, 0.15) is 5.75 Å². The largest absolute Gasteiger partial charge is 0.494 e. The summed E-state index contributed by atoms with van der Waals surface area (Å²) in [5.74, 6) is 0.299. The lowest BCUT2D eigenvalue weighted by molar-refractivity contribution is -0.248. The minimum Gasteiger partial charge on any atom is -0.494 e. The van der Waals surface area contributed by atoms with Gasteiger partial charge in [0.2, 0.25) is 0 Å². The van der Waals surface area contributed by atoms with Gasteiger partial charge in [0.05, 0.1) is 36.3 Å². The second-order valence-electron chi connectivity index (χ2n) is 11.9. The Labute approximate surface area is 234 Å². The number of nitrogens with zero attached hydrogens (tertiary/aromatic N) is 2. The molecule has 1 radical (unpaired) electrons. The Morgan fingerprint density at radius 3 is 1.79 bits per heavy atom. The summed E-state index contributed by atoms with van der Waals surface area (Å²) in [6.07, 6.45) is 10.8. The number of esters is 1. The zero-order valence-corrected chi connectivity index (χ0v) is 24.2. The fourth-order valence-electron chi connectivity index (χ4n) is 5.51. The van der Waals surface area contributed by atoms with Gasteiger partial charge >= 0.3 is 5.97 Å². The molecule has 0 bridgehead atoms. The van der Waals surface area contributed by atoms with Crippen LogP contribution in [0.1, 0.15) is 97.5 Å². The lowest BCUT2D eigenvalue weighted by atomic mass is 9.87. The SMILES string of the molecule is CC1(C)CC(C(=O)OCCCCCCCCCCCOc2ccc(-c3ccc(C#N)cc3)cc2)C(C)(C)N1[O]. The molecule has 1 heterocycles. The quantitative estimate of drug-likeness (QED) is 0.172. The maximum Gasteiger partial charge on any atom is 0.310 e. The van der Waals surface area contributed by atoms with Gasteiger partial charge in [-0.1, -0.05) is 69.2 Å². The van der Waals surface area contributed by atoms with Gasteiger partial charge in [0.15, 0.2) is 0 Å². The van der Waals surface area contributed by atoms with E-state index in [0.717, 1.165) is 54.2 Å². The molecule has 2 aromatic carbocycles. The highest BCUT2D eigenvalue weighted by Gasteiger charge is 2.55. The van der Waals surface area contributed by atoms with E-state index in [0.29, 0.717) is 18.6 Å². The fraction of sp³-hybridized carbons (Fsp3) is 0.576. The first kappa shape index (κ1) is 30.7. The first-order chi connectivity index (χ1) is 18.6. The van der Waals surface area contributed by atoms with E-state index in [9.17, 15) is 10.0 Å². The molecule has 1 unspecified atom stereocenters. The Hall–Kier alpha value is -2.88. The van der Waals surface area contributed by atoms with Crippen molar-refractivity contribution in [3.8, 4) is 22.9 Å². The van der Waals surface area contributed by atoms with Crippen molar-refractivity contribution in [3.05, 3.63) is 54.1 Å². The third kappa shape index (κ3) is 8.81. The van der Waals surface area contributed by atoms with Gasteiger partial charge in [-0.15, -0.1) is 10.3 Å². The molecular formula is C33H45N2O4. The van der Waals surface area contributed by atoms with E-state index >= 15 is 0 Å². The first-order valence-electron chi connectivity index (χ1n) is 14.5. The van der Waals surface area contributed by atoms with Crippen molar-refractivity contribution in [2.75, 3.05) is 13.2 Å². The van der Waals surface area contributed by atoms with Gasteiger partial charge in [-0.05, 0) is 82.3 Å². The van der Waals surface area contributed by atoms with Crippen LogP contribution in [0.4, 0.5) is 0 Å². The summed E-state index contributed by atoms with van der Waals surface area (Å²) >= 11 is 0. The average Bonchev–Trinajstić information content (AvgIpc) is 3.10. The Balaban J connectivity index is 1.15. The van der Waals surface area contributed by atoms with Crippen LogP contribution in [-0.2, 0) is 14.7 Å². The molecule has 6 nitrogen and oxygen atoms in total. The molecule has 211 valence electrons. The molecule has 1 atom stereocenters. The van der Waals surface area contributed by atoms with E-state index in [-0.39, 0.29) is 11.9 Å². The van der Waals surface area contributed by atoms with Crippen LogP contribution >= 0.6 is 0 Å². The van der Waals surface area contributed by atoms with Gasteiger partial charge < -0.3 is 9.47 Å². The maximum absolute atomic E-state index is 12.5. The van der Waals surface area contributed by atoms with Crippen LogP contribution in [0.2, 0.25) is 0 Å². The zero-order valence-electron chi connectivity index (χ0n) is 24.2. The maximum atomic E-state index is 12.5. The van der Waals surface area contributed by atoms with Crippen LogP contribution in [-0.4, -0.2) is 35.3 Å². The van der Waals surface area contributed by atoms with Crippen LogP contribution < -0.4 is 4.74 Å². The van der Waals surface area contributed by atoms with Crippen molar-refractivity contribution in [3.63, 3.8) is 0 Å². The molecule has 1 aliphatic rings. The summed E-state index contributed by atoms with van der Waals surface area (Å²) in [5.41, 5.74) is 1.63. The molecular weight excluding hydrogens is 488 g/mol. The molecule has 2 aromatic rings. The van der Waals surface area contributed by atoms with E-state index in [2.05, 4.69) is 18.2 Å². The average molecular weight is 534 g/mol. The van der Waals surface area contributed by atoms with E-state index in [1.165, 1.54) is 32.1 Å². The number of nitriles is 1. The van der Waals surface area contributed by atoms with Crippen molar-refractivity contribution >= 4 is 5.97 Å². The Kier molecular flexibility index (Phi) is 11.4. The molecule has 3 rings (SSSR count). The number of rotatable bonds is 15. The van der Waals surface area contributed by atoms with Gasteiger partial charge in [0.25, 0.3) is 0 Å². The molecule has 0 spiro atoms. The van der Waals surface area contributed by atoms with Crippen LogP contribution in [0.5, 0.6) is 5.75 Å². The highest BCUT2D eigenvalue weighted by molar-refractivity contribution is 5.74. The number of hydroxylamine groups is 2. The Morgan fingerprint density at radius 2 is 1.31 bits per heavy atom. The fourth-order valence-corrected chi connectivity index (χ4v) is 5.51. The molecule has 0 amide bonds. The summed E-state index contributed by atoms with van der Waals surface area (Å²) in [6, 6.07) is 17.9. The molecule has 1 aliphatic heterocycles. The summed E-state index contributed by atoms with van der Waals surface area (Å²) in [6.45, 7) is 8.65. The summed E-state index contributed by atoms with van der Waals surface area (Å²) in [5, 5.41) is 22.5. The van der Waals surface area contributed by atoms with Crippen molar-refractivity contribution in [1.29, 1.82) is 5.26 Å². The van der Waals surface area contributed by atoms with E-state index in [1.807, 2.05) is 64.1 Å². The molecule has 0 saturated carbocycles. The second-order valence-corrected chi connectivity index (χ2v) is 11.9. The standard InChI is InChI=1S/C33H45N2O4/c1-32(2)24-30(33(3,4)35(32)37)31(36)39-23-13-11-9-7-5-6-8-10-12-22-38-29-20-18-28(19-21-29)27-16-14-26(25-34)15-17-27/h14-21,30H,5-13,22-24H2,1-4H3. The number of hydrogen-bond acceptors (Lipinski definition) is 5. The number of carbonyl (C=O) groups excluding carboxylic acids is 1. The molecule has 1 saturated heterocycles. The minimum atomic E-state index is -0.716. The smallest absolute Gasteiger partial charge is 0.310 e. The van der Waals surface area contributed by atoms with Crippen molar-refractivity contribution < 1.29 is 19.5 Å². The van der Waals surface area contributed by atoms with Crippen molar-refractivity contribution in [2.24, 2.45) is 5.92 Å². The van der Waals surface area contributed by atoms with Gasteiger partial charge in [-0.25, -0.2) is 0 Å². The zero-order chi connectivity index (χ0) is 28.3. The van der Waals surface area contributed by atoms with E-state index in [1.54, 1.807) is 0 Å². The summed E-state index contributed by atoms with van der Waals surface area (Å²) < 4.78 is 11.4. The number of carbonyl (C=O) groups is 1. The third-order valence-electron chi connectivity index (χ3n) is 7.92. The molecule has 39 heavy (non-hydrogen) atoms. The topological polar surface area (TPSA) is 82.5 Å². The number of ether oxygens (including phenoxy) is 2. The van der Waals surface area contributed by atoms with Crippen LogP contribution in [0.15, 0.2) is 48.5 Å². The van der Waals surface area contributed by atoms with Crippen LogP contribution in [0.3, 0.4) is 0 Å². The number of benzene rings is 2. The molecule has 0 N–H and O–H groups in total. The minimum absolute atomic E-state index is 0.226. The predicted octanol–water partition coefficient (Wildman–Crippen LogP) is 7.88. The van der Waals surface area contributed by atoms with E-state index in [4.69, 9.17) is 14.7 Å². The van der Waals surface area contributed by atoms with E-state index < -0.39 is 11.1 Å². The van der Waals surface area contributed by atoms with Crippen LogP contribution in [0.25, 0.3) is 11.1 Å². The predicted molar refractivity (Wildman–Crippen MR) is 153 cm³/mol. The number of unbranched alkanes of at least 4 members (excludes halogenated alkanes) is 8. The van der Waals surface area contributed by atoms with Gasteiger partial charge in [0, 0.05) is 5.54 Å². The Bertz CT molecular complexity index is 1070. The Morgan fingerprint density at radius 1 is 0.821 bits per heavy atom. The number of hydrogen-bond donors (Lipinski definition) is 0. The third-order valence-corrected chi connectivity index (χ3v) is 7.92. The van der Waals surface area contributed by atoms with Crippen molar-refractivity contribution in [2.45, 2.75) is 103 Å². The highest BCUT2D eigenvalue weighted by Crippen LogP contribution is 2.44. The second kappa shape index (κ2) is 14.5. The lowest BCUT2D eigenvalue weighted by Gasteiger charge is -2.32. The molecule has 0 aromatic heterocycles. The molecule has 6 heteroatoms. The van der Waals surface area contributed by atoms with Gasteiger partial charge in [-0.2, -0.15) is 5.26 Å². The first-order valence-corrected chi connectivity index (χ1v) is 14.5. The normalized spacial score (nSPS) is 18.0.